The summed E-state index contributed by atoms with van der Waals surface area (Å²) < 4.78 is 0. The quantitative estimate of drug-likeness (QED) is 0.287. The monoisotopic (exact) mass is 436 g/mol. The molecule has 0 bridgehead atoms. The molecule has 23 heavy (non-hydrogen) atoms. The highest BCUT2D eigenvalue weighted by Gasteiger charge is 2.25. The molecule has 1 atom stereocenters. The average molecular weight is 436 g/mol. The zero-order valence-corrected chi connectivity index (χ0v) is 17.7. The molecule has 0 aromatic rings. The van der Waals surface area contributed by atoms with E-state index in [1.165, 1.54) is 71.2 Å². The number of unbranched alkanes of at least 4 members (excludes halogenated alkanes) is 1. The van der Waals surface area contributed by atoms with Crippen molar-refractivity contribution in [3.8, 4) is 0 Å². The van der Waals surface area contributed by atoms with Crippen LogP contribution in [0, 0.1) is 11.8 Å². The lowest BCUT2D eigenvalue weighted by atomic mass is 9.97. The van der Waals surface area contributed by atoms with E-state index in [4.69, 9.17) is 0 Å². The third-order valence-corrected chi connectivity index (χ3v) is 4.98. The van der Waals surface area contributed by atoms with E-state index >= 15 is 0 Å². The second-order valence-electron chi connectivity index (χ2n) is 7.46. The zero-order chi connectivity index (χ0) is 15.8. The van der Waals surface area contributed by atoms with Crippen molar-refractivity contribution in [2.45, 2.75) is 52.4 Å². The summed E-state index contributed by atoms with van der Waals surface area (Å²) in [5.74, 6) is 2.78. The topological polar surface area (TPSA) is 30.9 Å². The standard InChI is InChI=1S/C18H36N4.HI/c1-16(2)14-17-8-13-22(15-17)18(19-3)20-9-4-5-10-21-11-6-7-12-21;/h16-17H,4-15H2,1-3H3,(H,19,20);1H. The SMILES string of the molecule is CN=C(NCCCCN1CCCC1)N1CCC(CC(C)C)C1.I. The van der Waals surface area contributed by atoms with Crippen LogP contribution in [0.2, 0.25) is 0 Å². The van der Waals surface area contributed by atoms with E-state index in [1.807, 2.05) is 7.05 Å². The Morgan fingerprint density at radius 2 is 1.91 bits per heavy atom. The number of hydrogen-bond donors (Lipinski definition) is 1. The number of aliphatic imine (C=N–C) groups is 1. The third-order valence-electron chi connectivity index (χ3n) is 4.98. The van der Waals surface area contributed by atoms with Crippen molar-refractivity contribution in [2.75, 3.05) is 46.3 Å². The fourth-order valence-corrected chi connectivity index (χ4v) is 3.88. The van der Waals surface area contributed by atoms with E-state index in [1.54, 1.807) is 0 Å². The Hall–Kier alpha value is -0.0400. The first-order valence-corrected chi connectivity index (χ1v) is 9.37. The highest BCUT2D eigenvalue weighted by molar-refractivity contribution is 14.0. The number of guanidine groups is 1. The van der Waals surface area contributed by atoms with Crippen LogP contribution in [-0.2, 0) is 0 Å². The normalized spacial score (nSPS) is 22.7. The lowest BCUT2D eigenvalue weighted by Gasteiger charge is -2.22. The molecule has 2 saturated heterocycles. The van der Waals surface area contributed by atoms with Gasteiger partial charge in [-0.15, -0.1) is 24.0 Å². The molecule has 2 rings (SSSR count). The molecule has 0 aromatic carbocycles. The summed E-state index contributed by atoms with van der Waals surface area (Å²) in [6, 6.07) is 0. The summed E-state index contributed by atoms with van der Waals surface area (Å²) >= 11 is 0. The van der Waals surface area contributed by atoms with E-state index in [0.29, 0.717) is 0 Å². The summed E-state index contributed by atoms with van der Waals surface area (Å²) in [4.78, 5) is 9.53. The molecular formula is C18H37IN4. The smallest absolute Gasteiger partial charge is 0.193 e. The van der Waals surface area contributed by atoms with Crippen LogP contribution in [0.15, 0.2) is 4.99 Å². The lowest BCUT2D eigenvalue weighted by molar-refractivity contribution is 0.329. The second kappa shape index (κ2) is 11.5. The molecule has 1 N–H and O–H groups in total. The summed E-state index contributed by atoms with van der Waals surface area (Å²) in [5.41, 5.74) is 0. The van der Waals surface area contributed by atoms with Crippen LogP contribution in [0.4, 0.5) is 0 Å². The summed E-state index contributed by atoms with van der Waals surface area (Å²) in [6.07, 6.45) is 8.03. The Balaban J connectivity index is 0.00000264. The van der Waals surface area contributed by atoms with Gasteiger partial charge in [-0.05, 0) is 70.0 Å². The van der Waals surface area contributed by atoms with Gasteiger partial charge in [0.15, 0.2) is 5.96 Å². The summed E-state index contributed by atoms with van der Waals surface area (Å²) in [6.45, 7) is 12.0. The van der Waals surface area contributed by atoms with Gasteiger partial charge in [0.05, 0.1) is 0 Å². The van der Waals surface area contributed by atoms with Crippen molar-refractivity contribution in [3.05, 3.63) is 0 Å². The minimum absolute atomic E-state index is 0. The van der Waals surface area contributed by atoms with Crippen molar-refractivity contribution in [1.82, 2.24) is 15.1 Å². The van der Waals surface area contributed by atoms with Crippen molar-refractivity contribution in [2.24, 2.45) is 16.8 Å². The molecule has 136 valence electrons. The number of nitrogens with one attached hydrogen (secondary N) is 1. The maximum Gasteiger partial charge on any atom is 0.193 e. The minimum atomic E-state index is 0. The molecule has 0 aromatic heterocycles. The Labute approximate surface area is 160 Å². The molecule has 4 nitrogen and oxygen atoms in total. The van der Waals surface area contributed by atoms with Crippen LogP contribution in [0.25, 0.3) is 0 Å². The van der Waals surface area contributed by atoms with Crippen LogP contribution >= 0.6 is 24.0 Å². The van der Waals surface area contributed by atoms with Gasteiger partial charge in [0.1, 0.15) is 0 Å². The molecule has 0 aliphatic carbocycles. The molecule has 2 aliphatic heterocycles. The molecule has 2 fully saturated rings. The lowest BCUT2D eigenvalue weighted by Crippen LogP contribution is -2.40. The van der Waals surface area contributed by atoms with Gasteiger partial charge in [0.2, 0.25) is 0 Å². The second-order valence-corrected chi connectivity index (χ2v) is 7.46. The molecule has 0 radical (unpaired) electrons. The Bertz CT molecular complexity index is 340. The van der Waals surface area contributed by atoms with Crippen LogP contribution in [0.5, 0.6) is 0 Å². The van der Waals surface area contributed by atoms with Crippen LogP contribution in [0.3, 0.4) is 0 Å². The number of likely N-dealkylation sites (tertiary alicyclic amines) is 2. The first-order valence-electron chi connectivity index (χ1n) is 9.37. The van der Waals surface area contributed by atoms with E-state index in [-0.39, 0.29) is 24.0 Å². The molecule has 1 unspecified atom stereocenters. The largest absolute Gasteiger partial charge is 0.356 e. The minimum Gasteiger partial charge on any atom is -0.356 e. The molecule has 0 saturated carbocycles. The molecule has 2 aliphatic rings. The third kappa shape index (κ3) is 7.59. The van der Waals surface area contributed by atoms with Crippen molar-refractivity contribution >= 4 is 29.9 Å². The van der Waals surface area contributed by atoms with Crippen molar-refractivity contribution in [3.63, 3.8) is 0 Å². The van der Waals surface area contributed by atoms with Gasteiger partial charge in [-0.2, -0.15) is 0 Å². The molecule has 0 spiro atoms. The summed E-state index contributed by atoms with van der Waals surface area (Å²) in [5, 5.41) is 3.57. The number of hydrogen-bond acceptors (Lipinski definition) is 2. The molecule has 2 heterocycles. The van der Waals surface area contributed by atoms with Crippen molar-refractivity contribution < 1.29 is 0 Å². The predicted molar refractivity (Wildman–Crippen MR) is 111 cm³/mol. The van der Waals surface area contributed by atoms with Gasteiger partial charge >= 0.3 is 0 Å². The van der Waals surface area contributed by atoms with Gasteiger partial charge in [-0.25, -0.2) is 0 Å². The average Bonchev–Trinajstić information content (AvgIpc) is 3.14. The van der Waals surface area contributed by atoms with Crippen LogP contribution in [0.1, 0.15) is 52.4 Å². The van der Waals surface area contributed by atoms with E-state index < -0.39 is 0 Å². The Morgan fingerprint density at radius 3 is 2.57 bits per heavy atom. The Morgan fingerprint density at radius 1 is 1.17 bits per heavy atom. The van der Waals surface area contributed by atoms with Gasteiger partial charge in [-0.3, -0.25) is 4.99 Å². The number of nitrogens with zero attached hydrogens (tertiary/aromatic N) is 3. The molecule has 5 heteroatoms. The van der Waals surface area contributed by atoms with E-state index in [2.05, 4.69) is 34.0 Å². The molecular weight excluding hydrogens is 399 g/mol. The van der Waals surface area contributed by atoms with E-state index in [0.717, 1.165) is 24.3 Å². The fourth-order valence-electron chi connectivity index (χ4n) is 3.88. The van der Waals surface area contributed by atoms with Gasteiger partial charge in [0, 0.05) is 26.7 Å². The maximum atomic E-state index is 4.48. The highest BCUT2D eigenvalue weighted by atomic mass is 127. The first-order chi connectivity index (χ1) is 10.7. The zero-order valence-electron chi connectivity index (χ0n) is 15.4. The van der Waals surface area contributed by atoms with Crippen LogP contribution in [-0.4, -0.2) is 62.1 Å². The Kier molecular flexibility index (Phi) is 10.5. The van der Waals surface area contributed by atoms with E-state index in [9.17, 15) is 0 Å². The first kappa shape index (κ1) is 21.0. The highest BCUT2D eigenvalue weighted by Crippen LogP contribution is 2.23. The number of halogens is 1. The number of rotatable bonds is 7. The fraction of sp³-hybridized carbons (Fsp3) is 0.944. The molecule has 0 amide bonds. The van der Waals surface area contributed by atoms with Gasteiger partial charge in [-0.1, -0.05) is 13.8 Å². The van der Waals surface area contributed by atoms with Crippen LogP contribution < -0.4 is 5.32 Å². The predicted octanol–water partition coefficient (Wildman–Crippen LogP) is 3.42. The van der Waals surface area contributed by atoms with Crippen molar-refractivity contribution in [1.29, 1.82) is 0 Å². The maximum absolute atomic E-state index is 4.48. The van der Waals surface area contributed by atoms with Gasteiger partial charge in [0.25, 0.3) is 0 Å². The van der Waals surface area contributed by atoms with Gasteiger partial charge < -0.3 is 15.1 Å². The summed E-state index contributed by atoms with van der Waals surface area (Å²) in [7, 11) is 1.92.